The first-order valence-corrected chi connectivity index (χ1v) is 5.76. The number of nitrogens with zero attached hydrogens (tertiary/aromatic N) is 3. The van der Waals surface area contributed by atoms with E-state index in [-0.39, 0.29) is 23.3 Å². The molecule has 1 aromatic carbocycles. The highest BCUT2D eigenvalue weighted by molar-refractivity contribution is 5.90. The van der Waals surface area contributed by atoms with Gasteiger partial charge in [-0.05, 0) is 24.3 Å². The van der Waals surface area contributed by atoms with Gasteiger partial charge in [0.25, 0.3) is 5.91 Å². The van der Waals surface area contributed by atoms with Crippen molar-refractivity contribution in [1.82, 2.24) is 20.1 Å². The first-order valence-electron chi connectivity index (χ1n) is 5.76. The smallest absolute Gasteiger partial charge is 0.406 e. The van der Waals surface area contributed by atoms with Crippen LogP contribution in [0.2, 0.25) is 0 Å². The Balaban J connectivity index is 2.18. The molecule has 2 aromatic rings. The molecule has 1 amide bonds. The zero-order valence-electron chi connectivity index (χ0n) is 11.1. The maximum Gasteiger partial charge on any atom is 0.573 e. The van der Waals surface area contributed by atoms with E-state index < -0.39 is 6.36 Å². The van der Waals surface area contributed by atoms with E-state index in [2.05, 4.69) is 19.9 Å². The van der Waals surface area contributed by atoms with Crippen molar-refractivity contribution in [2.24, 2.45) is 0 Å². The third-order valence-electron chi connectivity index (χ3n) is 2.44. The van der Waals surface area contributed by atoms with Crippen LogP contribution in [0.4, 0.5) is 13.2 Å². The van der Waals surface area contributed by atoms with Crippen molar-refractivity contribution in [2.75, 3.05) is 14.1 Å². The Morgan fingerprint density at radius 1 is 1.24 bits per heavy atom. The van der Waals surface area contributed by atoms with Crippen molar-refractivity contribution in [1.29, 1.82) is 0 Å². The lowest BCUT2D eigenvalue weighted by molar-refractivity contribution is -0.274. The summed E-state index contributed by atoms with van der Waals surface area (Å²) in [6.07, 6.45) is -4.74. The molecule has 0 saturated carbocycles. The second-order valence-corrected chi connectivity index (χ2v) is 4.28. The quantitative estimate of drug-likeness (QED) is 0.942. The average molecular weight is 300 g/mol. The number of ether oxygens (including phenoxy) is 1. The van der Waals surface area contributed by atoms with E-state index in [4.69, 9.17) is 0 Å². The number of benzene rings is 1. The van der Waals surface area contributed by atoms with E-state index in [0.717, 1.165) is 12.1 Å². The molecular weight excluding hydrogens is 289 g/mol. The normalized spacial score (nSPS) is 11.3. The molecule has 0 saturated heterocycles. The Hall–Kier alpha value is -2.58. The van der Waals surface area contributed by atoms with Crippen molar-refractivity contribution < 1.29 is 22.7 Å². The highest BCUT2D eigenvalue weighted by atomic mass is 19.4. The molecule has 0 fully saturated rings. The van der Waals surface area contributed by atoms with Gasteiger partial charge in [-0.15, -0.1) is 13.2 Å². The maximum atomic E-state index is 12.0. The molecule has 1 heterocycles. The number of aromatic nitrogens is 3. The van der Waals surface area contributed by atoms with E-state index >= 15 is 0 Å². The van der Waals surface area contributed by atoms with Gasteiger partial charge in [0, 0.05) is 19.7 Å². The number of carbonyl (C=O) groups excluding carboxylic acids is 1. The summed E-state index contributed by atoms with van der Waals surface area (Å²) in [5.74, 6) is -0.443. The summed E-state index contributed by atoms with van der Waals surface area (Å²) in [7, 11) is 3.13. The van der Waals surface area contributed by atoms with E-state index in [1.54, 1.807) is 14.1 Å². The van der Waals surface area contributed by atoms with Gasteiger partial charge in [0.2, 0.25) is 5.82 Å². The fraction of sp³-hybridized carbons (Fsp3) is 0.250. The van der Waals surface area contributed by atoms with E-state index in [1.807, 2.05) is 0 Å². The van der Waals surface area contributed by atoms with Gasteiger partial charge in [-0.2, -0.15) is 5.10 Å². The Bertz CT molecular complexity index is 635. The van der Waals surface area contributed by atoms with Crippen molar-refractivity contribution in [3.63, 3.8) is 0 Å². The summed E-state index contributed by atoms with van der Waals surface area (Å²) >= 11 is 0. The van der Waals surface area contributed by atoms with Crippen LogP contribution in [0.5, 0.6) is 5.75 Å². The molecule has 0 spiro atoms. The van der Waals surface area contributed by atoms with Gasteiger partial charge in [0.05, 0.1) is 0 Å². The van der Waals surface area contributed by atoms with Gasteiger partial charge in [-0.3, -0.25) is 9.89 Å². The Kier molecular flexibility index (Phi) is 3.83. The van der Waals surface area contributed by atoms with Gasteiger partial charge < -0.3 is 9.64 Å². The van der Waals surface area contributed by atoms with Crippen LogP contribution in [0.3, 0.4) is 0 Å². The third kappa shape index (κ3) is 3.71. The zero-order valence-corrected chi connectivity index (χ0v) is 11.1. The summed E-state index contributed by atoms with van der Waals surface area (Å²) in [5, 5.41) is 6.32. The average Bonchev–Trinajstić information content (AvgIpc) is 2.86. The standard InChI is InChI=1S/C12H11F3N4O2/c1-19(2)11(20)10-16-9(17-18-10)7-3-5-8(6-4-7)21-12(13,14)15/h3-6H,1-2H3,(H,16,17,18). The van der Waals surface area contributed by atoms with Crippen LogP contribution >= 0.6 is 0 Å². The molecule has 21 heavy (non-hydrogen) atoms. The minimum atomic E-state index is -4.74. The monoisotopic (exact) mass is 300 g/mol. The van der Waals surface area contributed by atoms with Gasteiger partial charge >= 0.3 is 6.36 Å². The molecule has 0 radical (unpaired) electrons. The number of H-pyrrole nitrogens is 1. The van der Waals surface area contributed by atoms with Crippen LogP contribution in [0.15, 0.2) is 24.3 Å². The second kappa shape index (κ2) is 5.43. The lowest BCUT2D eigenvalue weighted by Crippen LogP contribution is -2.22. The number of rotatable bonds is 3. The molecule has 0 aliphatic rings. The summed E-state index contributed by atoms with van der Waals surface area (Å²) in [6.45, 7) is 0. The molecular formula is C12H11F3N4O2. The summed E-state index contributed by atoms with van der Waals surface area (Å²) in [4.78, 5) is 17.0. The number of hydrogen-bond donors (Lipinski definition) is 1. The van der Waals surface area contributed by atoms with E-state index in [0.29, 0.717) is 5.56 Å². The molecule has 9 heteroatoms. The molecule has 0 unspecified atom stereocenters. The number of aromatic amines is 1. The van der Waals surface area contributed by atoms with E-state index in [9.17, 15) is 18.0 Å². The molecule has 2 rings (SSSR count). The molecule has 0 aliphatic carbocycles. The SMILES string of the molecule is CN(C)C(=O)c1nc(-c2ccc(OC(F)(F)F)cc2)n[nH]1. The Labute approximate surface area is 117 Å². The summed E-state index contributed by atoms with van der Waals surface area (Å²) < 4.78 is 39.9. The fourth-order valence-electron chi connectivity index (χ4n) is 1.50. The van der Waals surface area contributed by atoms with Gasteiger partial charge in [0.15, 0.2) is 5.82 Å². The lowest BCUT2D eigenvalue weighted by atomic mass is 10.2. The predicted octanol–water partition coefficient (Wildman–Crippen LogP) is 2.07. The zero-order chi connectivity index (χ0) is 15.6. The minimum absolute atomic E-state index is 0.0469. The Morgan fingerprint density at radius 2 is 1.86 bits per heavy atom. The largest absolute Gasteiger partial charge is 0.573 e. The van der Waals surface area contributed by atoms with Crippen LogP contribution in [-0.4, -0.2) is 46.4 Å². The molecule has 1 aromatic heterocycles. The number of hydrogen-bond acceptors (Lipinski definition) is 4. The molecule has 6 nitrogen and oxygen atoms in total. The predicted molar refractivity (Wildman–Crippen MR) is 66.5 cm³/mol. The molecule has 112 valence electrons. The molecule has 0 atom stereocenters. The van der Waals surface area contributed by atoms with Crippen LogP contribution in [0.25, 0.3) is 11.4 Å². The van der Waals surface area contributed by atoms with Gasteiger partial charge in [-0.1, -0.05) is 0 Å². The van der Waals surface area contributed by atoms with Crippen molar-refractivity contribution in [3.05, 3.63) is 30.1 Å². The summed E-state index contributed by atoms with van der Waals surface area (Å²) in [5.41, 5.74) is 0.457. The van der Waals surface area contributed by atoms with Gasteiger partial charge in [-0.25, -0.2) is 4.98 Å². The van der Waals surface area contributed by atoms with Crippen molar-refractivity contribution in [3.8, 4) is 17.1 Å². The third-order valence-corrected chi connectivity index (χ3v) is 2.44. The second-order valence-electron chi connectivity index (χ2n) is 4.28. The molecule has 0 aliphatic heterocycles. The fourth-order valence-corrected chi connectivity index (χ4v) is 1.50. The maximum absolute atomic E-state index is 12.0. The van der Waals surface area contributed by atoms with Crippen LogP contribution in [-0.2, 0) is 0 Å². The van der Waals surface area contributed by atoms with Gasteiger partial charge in [0.1, 0.15) is 5.75 Å². The number of alkyl halides is 3. The van der Waals surface area contributed by atoms with Crippen LogP contribution in [0, 0.1) is 0 Å². The number of carbonyl (C=O) groups is 1. The topological polar surface area (TPSA) is 71.1 Å². The summed E-state index contributed by atoms with van der Waals surface area (Å²) in [6, 6.07) is 5.03. The first-order chi connectivity index (χ1) is 9.76. The molecule has 0 bridgehead atoms. The minimum Gasteiger partial charge on any atom is -0.406 e. The van der Waals surface area contributed by atoms with Crippen molar-refractivity contribution >= 4 is 5.91 Å². The van der Waals surface area contributed by atoms with Crippen molar-refractivity contribution in [2.45, 2.75) is 6.36 Å². The Morgan fingerprint density at radius 3 is 2.38 bits per heavy atom. The van der Waals surface area contributed by atoms with E-state index in [1.165, 1.54) is 17.0 Å². The number of amides is 1. The lowest BCUT2D eigenvalue weighted by Gasteiger charge is -2.08. The number of nitrogens with one attached hydrogen (secondary N) is 1. The molecule has 1 N–H and O–H groups in total. The first kappa shape index (κ1) is 14.8. The highest BCUT2D eigenvalue weighted by Crippen LogP contribution is 2.25. The van der Waals surface area contributed by atoms with Crippen LogP contribution in [0.1, 0.15) is 10.6 Å². The highest BCUT2D eigenvalue weighted by Gasteiger charge is 2.31. The van der Waals surface area contributed by atoms with Crippen LogP contribution < -0.4 is 4.74 Å². The number of halogens is 3.